The Hall–Kier alpha value is -3.58. The average Bonchev–Trinajstić information content (AvgIpc) is 3.07. The van der Waals surface area contributed by atoms with Gasteiger partial charge in [-0.25, -0.2) is 14.6 Å². The molecule has 0 fully saturated rings. The number of alkyl carbamates (subject to hydrolysis) is 1. The minimum Gasteiger partial charge on any atom is -0.466 e. The summed E-state index contributed by atoms with van der Waals surface area (Å²) in [6.45, 7) is 4.84. The number of nitrogens with zero attached hydrogens (tertiary/aromatic N) is 3. The van der Waals surface area contributed by atoms with E-state index in [1.165, 1.54) is 14.2 Å². The van der Waals surface area contributed by atoms with Crippen LogP contribution in [0.2, 0.25) is 0 Å². The molecule has 1 amide bonds. The van der Waals surface area contributed by atoms with Crippen LogP contribution in [0.15, 0.2) is 29.4 Å². The molecule has 0 radical (unpaired) electrons. The molecule has 1 atom stereocenters. The predicted molar refractivity (Wildman–Crippen MR) is 113 cm³/mol. The number of carbonyl (C=O) groups excluding carboxylic acids is 2. The first-order chi connectivity index (χ1) is 14.6. The number of rotatable bonds is 6. The third-order valence-corrected chi connectivity index (χ3v) is 3.86. The van der Waals surface area contributed by atoms with Gasteiger partial charge in [-0.1, -0.05) is 11.8 Å². The first kappa shape index (κ1) is 23.7. The predicted octanol–water partition coefficient (Wildman–Crippen LogP) is 1.97. The summed E-state index contributed by atoms with van der Waals surface area (Å²) in [6.07, 6.45) is 2.05. The van der Waals surface area contributed by atoms with E-state index in [9.17, 15) is 9.59 Å². The van der Waals surface area contributed by atoms with Crippen molar-refractivity contribution in [1.29, 1.82) is 0 Å². The summed E-state index contributed by atoms with van der Waals surface area (Å²) in [5, 5.41) is 7.79. The Labute approximate surface area is 180 Å². The van der Waals surface area contributed by atoms with Crippen molar-refractivity contribution in [2.75, 3.05) is 20.8 Å². The highest BCUT2D eigenvalue weighted by Gasteiger charge is 2.39. The molecule has 0 aliphatic heterocycles. The molecule has 31 heavy (non-hydrogen) atoms. The molecule has 1 aromatic heterocycles. The fraction of sp³-hybridized carbons (Fsp3) is 0.429. The van der Waals surface area contributed by atoms with Crippen molar-refractivity contribution >= 4 is 29.4 Å². The van der Waals surface area contributed by atoms with E-state index >= 15 is 0 Å². The lowest BCUT2D eigenvalue weighted by atomic mass is 10.0. The number of hydrogen-bond acceptors (Lipinski definition) is 8. The van der Waals surface area contributed by atoms with Gasteiger partial charge in [0.2, 0.25) is 11.9 Å². The van der Waals surface area contributed by atoms with Gasteiger partial charge in [-0.2, -0.15) is 9.99 Å². The Kier molecular flexibility index (Phi) is 7.61. The number of ether oxygens (including phenoxy) is 2. The second-order valence-electron chi connectivity index (χ2n) is 7.53. The van der Waals surface area contributed by atoms with Gasteiger partial charge in [0.15, 0.2) is 0 Å². The highest BCUT2D eigenvalue weighted by atomic mass is 17.2. The normalized spacial score (nSPS) is 13.2. The molecule has 1 aromatic carbocycles. The second kappa shape index (κ2) is 9.95. The number of hydrogen-bond donors (Lipinski definition) is 1. The van der Waals surface area contributed by atoms with Gasteiger partial charge < -0.3 is 19.7 Å². The van der Waals surface area contributed by atoms with Gasteiger partial charge in [0.05, 0.1) is 26.3 Å². The monoisotopic (exact) mass is 430 g/mol. The molecule has 0 bridgehead atoms. The largest absolute Gasteiger partial charge is 0.466 e. The minimum atomic E-state index is -1.80. The molecule has 10 heteroatoms. The van der Waals surface area contributed by atoms with E-state index in [4.69, 9.17) is 9.47 Å². The molecule has 2 rings (SSSR count). The molecule has 10 nitrogen and oxygen atoms in total. The average molecular weight is 430 g/mol. The lowest BCUT2D eigenvalue weighted by Crippen LogP contribution is -2.48. The van der Waals surface area contributed by atoms with Crippen LogP contribution in [0.1, 0.15) is 26.3 Å². The van der Waals surface area contributed by atoms with Crippen molar-refractivity contribution in [3.63, 3.8) is 0 Å². The van der Waals surface area contributed by atoms with Crippen LogP contribution in [0.4, 0.5) is 4.79 Å². The number of fused-ring (bicyclic) bond motifs is 1. The first-order valence-corrected chi connectivity index (χ1v) is 9.33. The lowest BCUT2D eigenvalue weighted by molar-refractivity contribution is -0.188. The fourth-order valence-electron chi connectivity index (χ4n) is 2.53. The summed E-state index contributed by atoms with van der Waals surface area (Å²) in [4.78, 5) is 37.9. The van der Waals surface area contributed by atoms with Crippen LogP contribution in [0.25, 0.3) is 10.9 Å². The highest BCUT2D eigenvalue weighted by molar-refractivity contribution is 5.88. The van der Waals surface area contributed by atoms with E-state index < -0.39 is 23.2 Å². The molecular weight excluding hydrogens is 404 g/mol. The standard InChI is InChI=1S/C21H26N4O6/c1-20(2,3)31-19(27)22-13-21(18(26)28-5,23-14-30-29-6)10-9-15-7-8-16-12-25(4)24-17(16)11-15/h7-8,11-12,14H,13H2,1-6H3,(H,22,27)/t21-/m1/s1. The molecule has 166 valence electrons. The summed E-state index contributed by atoms with van der Waals surface area (Å²) in [5.74, 6) is 4.88. The zero-order valence-corrected chi connectivity index (χ0v) is 18.4. The topological polar surface area (TPSA) is 113 Å². The van der Waals surface area contributed by atoms with Gasteiger partial charge in [0, 0.05) is 24.2 Å². The Bertz CT molecular complexity index is 1030. The molecule has 0 unspecified atom stereocenters. The van der Waals surface area contributed by atoms with E-state index in [0.717, 1.165) is 17.3 Å². The molecule has 0 aliphatic carbocycles. The molecule has 1 heterocycles. The van der Waals surface area contributed by atoms with E-state index in [1.54, 1.807) is 37.6 Å². The van der Waals surface area contributed by atoms with Crippen LogP contribution in [0, 0.1) is 11.8 Å². The SMILES string of the molecule is COOC=N[C@](C#Cc1ccc2cn(C)nc2c1)(CNC(=O)OC(C)(C)C)C(=O)OC. The zero-order chi connectivity index (χ0) is 23.1. The van der Waals surface area contributed by atoms with Gasteiger partial charge in [0.25, 0.3) is 0 Å². The van der Waals surface area contributed by atoms with Crippen LogP contribution in [0.3, 0.4) is 0 Å². The maximum absolute atomic E-state index is 12.6. The van der Waals surface area contributed by atoms with Gasteiger partial charge in [-0.15, -0.1) is 0 Å². The van der Waals surface area contributed by atoms with Gasteiger partial charge in [0.1, 0.15) is 5.60 Å². The number of methoxy groups -OCH3 is 1. The van der Waals surface area contributed by atoms with Crippen LogP contribution >= 0.6 is 0 Å². The molecule has 0 saturated heterocycles. The van der Waals surface area contributed by atoms with Gasteiger partial charge in [-0.05, 0) is 39.0 Å². The molecule has 0 saturated carbocycles. The number of aliphatic imine (C=N–C) groups is 1. The number of benzene rings is 1. The van der Waals surface area contributed by atoms with E-state index in [2.05, 4.69) is 37.0 Å². The maximum atomic E-state index is 12.6. The summed E-state index contributed by atoms with van der Waals surface area (Å²) < 4.78 is 11.8. The molecule has 2 aromatic rings. The fourth-order valence-corrected chi connectivity index (χ4v) is 2.53. The van der Waals surface area contributed by atoms with Crippen LogP contribution in [-0.2, 0) is 31.1 Å². The number of esters is 1. The van der Waals surface area contributed by atoms with Crippen molar-refractivity contribution < 1.29 is 28.8 Å². The number of carbonyl (C=O) groups is 2. The Morgan fingerprint density at radius 2 is 2.03 bits per heavy atom. The van der Waals surface area contributed by atoms with Crippen molar-refractivity contribution in [2.45, 2.75) is 31.9 Å². The third kappa shape index (κ3) is 6.72. The van der Waals surface area contributed by atoms with Crippen LogP contribution in [-0.4, -0.2) is 60.1 Å². The van der Waals surface area contributed by atoms with Gasteiger partial charge in [-0.3, -0.25) is 4.68 Å². The zero-order valence-electron chi connectivity index (χ0n) is 18.4. The van der Waals surface area contributed by atoms with Crippen LogP contribution < -0.4 is 5.32 Å². The first-order valence-electron chi connectivity index (χ1n) is 9.33. The number of aromatic nitrogens is 2. The van der Waals surface area contributed by atoms with Crippen molar-refractivity contribution in [1.82, 2.24) is 15.1 Å². The quantitative estimate of drug-likeness (QED) is 0.186. The van der Waals surface area contributed by atoms with Crippen molar-refractivity contribution in [2.24, 2.45) is 12.0 Å². The Balaban J connectivity index is 2.40. The Morgan fingerprint density at radius 3 is 2.68 bits per heavy atom. The van der Waals surface area contributed by atoms with E-state index in [-0.39, 0.29) is 6.54 Å². The third-order valence-electron chi connectivity index (χ3n) is 3.86. The second-order valence-corrected chi connectivity index (χ2v) is 7.53. The lowest BCUT2D eigenvalue weighted by Gasteiger charge is -2.24. The summed E-state index contributed by atoms with van der Waals surface area (Å²) >= 11 is 0. The summed E-state index contributed by atoms with van der Waals surface area (Å²) in [7, 11) is 4.29. The number of aryl methyl sites for hydroxylation is 1. The minimum absolute atomic E-state index is 0.322. The number of nitrogens with one attached hydrogen (secondary N) is 1. The molecule has 0 aliphatic rings. The van der Waals surface area contributed by atoms with E-state index in [0.29, 0.717) is 5.56 Å². The molecule has 0 spiro atoms. The maximum Gasteiger partial charge on any atom is 0.407 e. The van der Waals surface area contributed by atoms with E-state index in [1.807, 2.05) is 19.3 Å². The Morgan fingerprint density at radius 1 is 1.29 bits per heavy atom. The summed E-state index contributed by atoms with van der Waals surface area (Å²) in [6, 6.07) is 5.43. The summed E-state index contributed by atoms with van der Waals surface area (Å²) in [5.41, 5.74) is -1.18. The van der Waals surface area contributed by atoms with Crippen molar-refractivity contribution in [3.05, 3.63) is 30.0 Å². The smallest absolute Gasteiger partial charge is 0.407 e. The van der Waals surface area contributed by atoms with Crippen LogP contribution in [0.5, 0.6) is 0 Å². The van der Waals surface area contributed by atoms with Crippen molar-refractivity contribution in [3.8, 4) is 11.8 Å². The molecule has 1 N–H and O–H groups in total. The highest BCUT2D eigenvalue weighted by Crippen LogP contribution is 2.16. The molecular formula is C21H26N4O6. The van der Waals surface area contributed by atoms with Gasteiger partial charge >= 0.3 is 12.1 Å². The number of amides is 1.